The Hall–Kier alpha value is -8.56. The molecule has 9 heteroatoms. The first-order valence-corrected chi connectivity index (χ1v) is 23.1. The highest BCUT2D eigenvalue weighted by Gasteiger charge is 2.41. The van der Waals surface area contributed by atoms with Gasteiger partial charge in [0.25, 0.3) is 6.71 Å². The van der Waals surface area contributed by atoms with Gasteiger partial charge >= 0.3 is 0 Å². The molecule has 68 heavy (non-hydrogen) atoms. The van der Waals surface area contributed by atoms with Crippen molar-refractivity contribution in [2.75, 3.05) is 0 Å². The topological polar surface area (TPSA) is 91.5 Å². The van der Waals surface area contributed by atoms with Crippen molar-refractivity contribution < 1.29 is 4.74 Å². The number of benzene rings is 8. The molecule has 3 aromatic heterocycles. The molecular formula is C59H42BN7O. The smallest absolute Gasteiger partial charge is 0.256 e. The molecule has 0 saturated carbocycles. The SMILES string of the molecule is Cc1cc2c3c(c1)-n1c4ccc(-c5nc(-c6ccccc6)nc(-c6ccccc6)n5)cc4c4cc(-c5nc(-c6ccccc6)nc(-c6ccccc6)n5)cc(c41)B3c1cc(C(C)(C)C)ccc1O2. The van der Waals surface area contributed by atoms with Crippen LogP contribution < -0.4 is 21.1 Å². The van der Waals surface area contributed by atoms with Crippen LogP contribution in [0.3, 0.4) is 0 Å². The zero-order valence-electron chi connectivity index (χ0n) is 37.9. The lowest BCUT2D eigenvalue weighted by Gasteiger charge is -2.34. The van der Waals surface area contributed by atoms with Gasteiger partial charge in [-0.2, -0.15) is 0 Å². The predicted molar refractivity (Wildman–Crippen MR) is 275 cm³/mol. The average molecular weight is 876 g/mol. The summed E-state index contributed by atoms with van der Waals surface area (Å²) < 4.78 is 9.36. The van der Waals surface area contributed by atoms with Crippen LogP contribution in [-0.2, 0) is 5.41 Å². The highest BCUT2D eigenvalue weighted by atomic mass is 16.5. The number of nitrogens with zero attached hydrogens (tertiary/aromatic N) is 7. The summed E-state index contributed by atoms with van der Waals surface area (Å²) in [6.45, 7) is 8.81. The maximum absolute atomic E-state index is 6.92. The maximum atomic E-state index is 6.92. The molecule has 0 amide bonds. The molecule has 11 aromatic rings. The average Bonchev–Trinajstić information content (AvgIpc) is 3.71. The van der Waals surface area contributed by atoms with Crippen LogP contribution in [0.1, 0.15) is 31.9 Å². The van der Waals surface area contributed by atoms with Gasteiger partial charge in [-0.3, -0.25) is 0 Å². The van der Waals surface area contributed by atoms with Crippen molar-refractivity contribution in [2.45, 2.75) is 33.1 Å². The van der Waals surface area contributed by atoms with Crippen molar-refractivity contribution in [1.29, 1.82) is 0 Å². The third kappa shape index (κ3) is 6.53. The fourth-order valence-corrected chi connectivity index (χ4v) is 10.0. The Balaban J connectivity index is 1.12. The van der Waals surface area contributed by atoms with E-state index in [1.807, 2.05) is 97.1 Å². The molecule has 5 heterocycles. The number of aryl methyl sites for hydroxylation is 1. The Labute approximate surface area is 394 Å². The van der Waals surface area contributed by atoms with Crippen LogP contribution in [0.4, 0.5) is 0 Å². The summed E-state index contributed by atoms with van der Waals surface area (Å²) in [6.07, 6.45) is 0. The molecule has 0 fully saturated rings. The molecule has 13 rings (SSSR count). The van der Waals surface area contributed by atoms with Crippen LogP contribution >= 0.6 is 0 Å². The van der Waals surface area contributed by atoms with E-state index in [9.17, 15) is 0 Å². The summed E-state index contributed by atoms with van der Waals surface area (Å²) in [4.78, 5) is 30.9. The predicted octanol–water partition coefficient (Wildman–Crippen LogP) is 11.7. The van der Waals surface area contributed by atoms with E-state index < -0.39 is 0 Å². The summed E-state index contributed by atoms with van der Waals surface area (Å²) in [5.74, 6) is 5.38. The molecule has 0 bridgehead atoms. The Morgan fingerprint density at radius 3 is 1.43 bits per heavy atom. The first-order chi connectivity index (χ1) is 33.2. The number of hydrogen-bond acceptors (Lipinski definition) is 7. The standard InChI is InChI=1S/C59H42BN7O/c1-35-29-48-51-50(30-35)68-49-28-26-42(59(2,3)4)34-45(49)60(51)46-33-41(58-65-55(38-21-13-7-14-22-38)62-56(66-58)39-23-15-8-16-24-39)32-44-43-31-40(25-27-47(43)67(48)52(44)46)57-63-53(36-17-9-5-10-18-36)61-54(64-57)37-19-11-6-12-20-37/h5-34H,1-4H3. The van der Waals surface area contributed by atoms with Crippen molar-refractivity contribution >= 4 is 44.9 Å². The van der Waals surface area contributed by atoms with Crippen LogP contribution in [-0.4, -0.2) is 41.2 Å². The zero-order valence-corrected chi connectivity index (χ0v) is 37.9. The van der Waals surface area contributed by atoms with Crippen molar-refractivity contribution in [3.05, 3.63) is 193 Å². The van der Waals surface area contributed by atoms with Gasteiger partial charge in [-0.1, -0.05) is 160 Å². The van der Waals surface area contributed by atoms with Gasteiger partial charge in [0.2, 0.25) is 0 Å². The molecule has 2 aliphatic rings. The van der Waals surface area contributed by atoms with Crippen LogP contribution in [0.25, 0.3) is 95.8 Å². The second-order valence-corrected chi connectivity index (χ2v) is 18.8. The van der Waals surface area contributed by atoms with Gasteiger partial charge in [0.1, 0.15) is 11.5 Å². The molecule has 0 unspecified atom stereocenters. The van der Waals surface area contributed by atoms with E-state index in [4.69, 9.17) is 34.6 Å². The quantitative estimate of drug-likeness (QED) is 0.154. The number of hydrogen-bond donors (Lipinski definition) is 0. The largest absolute Gasteiger partial charge is 0.458 e. The number of aromatic nitrogens is 7. The minimum Gasteiger partial charge on any atom is -0.458 e. The van der Waals surface area contributed by atoms with Crippen LogP contribution in [0.5, 0.6) is 11.5 Å². The summed E-state index contributed by atoms with van der Waals surface area (Å²) in [5, 5.41) is 2.13. The third-order valence-corrected chi connectivity index (χ3v) is 13.3. The number of rotatable bonds is 6. The third-order valence-electron chi connectivity index (χ3n) is 13.3. The van der Waals surface area contributed by atoms with Crippen molar-refractivity contribution in [3.8, 4) is 85.5 Å². The highest BCUT2D eigenvalue weighted by Crippen LogP contribution is 2.41. The Kier molecular flexibility index (Phi) is 8.92. The maximum Gasteiger partial charge on any atom is 0.256 e. The van der Waals surface area contributed by atoms with E-state index in [0.29, 0.717) is 34.9 Å². The molecular weight excluding hydrogens is 834 g/mol. The molecule has 0 spiro atoms. The summed E-state index contributed by atoms with van der Waals surface area (Å²) in [5.41, 5.74) is 14.5. The van der Waals surface area contributed by atoms with Gasteiger partial charge in [0, 0.05) is 55.4 Å². The summed E-state index contributed by atoms with van der Waals surface area (Å²) in [6, 6.07) is 63.0. The molecule has 322 valence electrons. The second kappa shape index (κ2) is 15.3. The van der Waals surface area contributed by atoms with Gasteiger partial charge < -0.3 is 9.30 Å². The van der Waals surface area contributed by atoms with Gasteiger partial charge in [0.05, 0.1) is 5.52 Å². The highest BCUT2D eigenvalue weighted by molar-refractivity contribution is 6.99. The molecule has 0 radical (unpaired) electrons. The lowest BCUT2D eigenvalue weighted by molar-refractivity contribution is 0.485. The molecule has 0 N–H and O–H groups in total. The fourth-order valence-electron chi connectivity index (χ4n) is 10.0. The van der Waals surface area contributed by atoms with Crippen molar-refractivity contribution in [1.82, 2.24) is 34.5 Å². The van der Waals surface area contributed by atoms with Crippen LogP contribution in [0.2, 0.25) is 0 Å². The molecule has 0 saturated heterocycles. The van der Waals surface area contributed by atoms with E-state index in [-0.39, 0.29) is 12.1 Å². The fraction of sp³-hybridized carbons (Fsp3) is 0.0847. The zero-order chi connectivity index (χ0) is 45.7. The Morgan fingerprint density at radius 2 is 0.912 bits per heavy atom. The van der Waals surface area contributed by atoms with E-state index >= 15 is 0 Å². The van der Waals surface area contributed by atoms with Gasteiger partial charge in [-0.15, -0.1) is 0 Å². The molecule has 2 aliphatic heterocycles. The summed E-state index contributed by atoms with van der Waals surface area (Å²) >= 11 is 0. The van der Waals surface area contributed by atoms with Gasteiger partial charge in [0.15, 0.2) is 34.9 Å². The summed E-state index contributed by atoms with van der Waals surface area (Å²) in [7, 11) is 0. The lowest BCUT2D eigenvalue weighted by atomic mass is 9.34. The lowest BCUT2D eigenvalue weighted by Crippen LogP contribution is -2.58. The molecule has 0 aliphatic carbocycles. The minimum absolute atomic E-state index is 0.0785. The van der Waals surface area contributed by atoms with Gasteiger partial charge in [-0.05, 0) is 82.3 Å². The second-order valence-electron chi connectivity index (χ2n) is 18.8. The van der Waals surface area contributed by atoms with Crippen LogP contribution in [0, 0.1) is 6.92 Å². The number of fused-ring (bicyclic) bond motifs is 7. The van der Waals surface area contributed by atoms with Crippen molar-refractivity contribution in [3.63, 3.8) is 0 Å². The van der Waals surface area contributed by atoms with Gasteiger partial charge in [-0.25, -0.2) is 29.9 Å². The number of ether oxygens (including phenoxy) is 1. The first-order valence-electron chi connectivity index (χ1n) is 23.1. The van der Waals surface area contributed by atoms with Crippen molar-refractivity contribution in [2.24, 2.45) is 0 Å². The normalized spacial score (nSPS) is 12.5. The molecule has 8 aromatic carbocycles. The molecule has 0 atom stereocenters. The van der Waals surface area contributed by atoms with E-state index in [1.165, 1.54) is 5.56 Å². The van der Waals surface area contributed by atoms with E-state index in [2.05, 4.69) is 117 Å². The Bertz CT molecular complexity index is 3700. The first kappa shape index (κ1) is 39.8. The Morgan fingerprint density at radius 1 is 0.426 bits per heavy atom. The molecule has 8 nitrogen and oxygen atoms in total. The van der Waals surface area contributed by atoms with Crippen LogP contribution in [0.15, 0.2) is 182 Å². The monoisotopic (exact) mass is 875 g/mol. The van der Waals surface area contributed by atoms with E-state index in [1.54, 1.807) is 0 Å². The minimum atomic E-state index is -0.139. The van der Waals surface area contributed by atoms with E-state index in [0.717, 1.165) is 94.3 Å².